The number of ether oxygens (including phenoxy) is 1. The topological polar surface area (TPSA) is 73.4 Å². The van der Waals surface area contributed by atoms with Crippen LogP contribution in [0.5, 0.6) is 5.75 Å². The van der Waals surface area contributed by atoms with Crippen LogP contribution in [0.25, 0.3) is 0 Å². The van der Waals surface area contributed by atoms with Gasteiger partial charge in [-0.15, -0.1) is 0 Å². The molecular weight excluding hydrogens is 320 g/mol. The average Bonchev–Trinajstić information content (AvgIpc) is 3.29. The molecule has 0 radical (unpaired) electrons. The van der Waals surface area contributed by atoms with E-state index < -0.39 is 0 Å². The molecule has 25 heavy (non-hydrogen) atoms. The first-order valence-electron chi connectivity index (χ1n) is 8.16. The molecule has 0 aromatic carbocycles. The Labute approximate surface area is 144 Å². The first-order chi connectivity index (χ1) is 12.3. The van der Waals surface area contributed by atoms with E-state index in [0.717, 1.165) is 11.4 Å². The Kier molecular flexibility index (Phi) is 4.20. The van der Waals surface area contributed by atoms with Gasteiger partial charge < -0.3 is 14.1 Å². The van der Waals surface area contributed by atoms with E-state index in [9.17, 15) is 4.79 Å². The van der Waals surface area contributed by atoms with Crippen molar-refractivity contribution in [2.45, 2.75) is 13.1 Å². The fourth-order valence-corrected chi connectivity index (χ4v) is 3.00. The summed E-state index contributed by atoms with van der Waals surface area (Å²) >= 11 is 0. The number of nitrogens with zero attached hydrogens (tertiary/aromatic N) is 4. The summed E-state index contributed by atoms with van der Waals surface area (Å²) in [6, 6.07) is 9.05. The minimum atomic E-state index is -0.119. The lowest BCUT2D eigenvalue weighted by Gasteiger charge is -2.23. The molecule has 4 heterocycles. The van der Waals surface area contributed by atoms with E-state index in [2.05, 4.69) is 10.1 Å². The SMILES string of the molecule is O=C(c1ccco1)N1Cc2ccnn2C[C@@H](COc2cccnc2)C1. The normalized spacial score (nSPS) is 17.0. The highest BCUT2D eigenvalue weighted by atomic mass is 16.5. The number of pyridine rings is 1. The van der Waals surface area contributed by atoms with Crippen molar-refractivity contribution in [3.8, 4) is 5.75 Å². The Hall–Kier alpha value is -3.09. The van der Waals surface area contributed by atoms with Crippen molar-refractivity contribution in [1.82, 2.24) is 19.7 Å². The Morgan fingerprint density at radius 3 is 3.00 bits per heavy atom. The highest BCUT2D eigenvalue weighted by molar-refractivity contribution is 5.91. The van der Waals surface area contributed by atoms with Gasteiger partial charge in [-0.2, -0.15) is 5.10 Å². The first kappa shape index (κ1) is 15.4. The molecule has 7 nitrogen and oxygen atoms in total. The molecule has 0 aliphatic carbocycles. The number of furan rings is 1. The van der Waals surface area contributed by atoms with Gasteiger partial charge in [0.05, 0.1) is 31.3 Å². The maximum Gasteiger partial charge on any atom is 0.289 e. The van der Waals surface area contributed by atoms with Crippen LogP contribution in [-0.2, 0) is 13.1 Å². The number of carbonyl (C=O) groups is 1. The second kappa shape index (κ2) is 6.80. The van der Waals surface area contributed by atoms with Gasteiger partial charge in [-0.1, -0.05) is 0 Å². The molecule has 1 atom stereocenters. The van der Waals surface area contributed by atoms with Crippen LogP contribution in [0.1, 0.15) is 16.2 Å². The van der Waals surface area contributed by atoms with Gasteiger partial charge in [-0.25, -0.2) is 0 Å². The van der Waals surface area contributed by atoms with Gasteiger partial charge in [-0.05, 0) is 30.3 Å². The summed E-state index contributed by atoms with van der Waals surface area (Å²) in [6.07, 6.45) is 6.66. The van der Waals surface area contributed by atoms with Crippen LogP contribution in [0.2, 0.25) is 0 Å². The highest BCUT2D eigenvalue weighted by Crippen LogP contribution is 2.19. The molecule has 0 unspecified atom stereocenters. The Morgan fingerprint density at radius 2 is 2.20 bits per heavy atom. The third kappa shape index (κ3) is 3.40. The van der Waals surface area contributed by atoms with Crippen LogP contribution in [0, 0.1) is 5.92 Å². The maximum absolute atomic E-state index is 12.7. The molecule has 128 valence electrons. The number of hydrogen-bond donors (Lipinski definition) is 0. The van der Waals surface area contributed by atoms with Gasteiger partial charge in [0.25, 0.3) is 5.91 Å². The zero-order valence-electron chi connectivity index (χ0n) is 13.6. The molecule has 3 aromatic heterocycles. The summed E-state index contributed by atoms with van der Waals surface area (Å²) < 4.78 is 13.1. The number of aromatic nitrogens is 3. The van der Waals surface area contributed by atoms with Crippen molar-refractivity contribution in [3.63, 3.8) is 0 Å². The van der Waals surface area contributed by atoms with Crippen LogP contribution in [0.3, 0.4) is 0 Å². The summed E-state index contributed by atoms with van der Waals surface area (Å²) in [5, 5.41) is 4.37. The number of carbonyl (C=O) groups excluding carboxylic acids is 1. The Bertz CT molecular complexity index is 829. The van der Waals surface area contributed by atoms with Crippen LogP contribution in [0.4, 0.5) is 0 Å². The van der Waals surface area contributed by atoms with E-state index in [4.69, 9.17) is 9.15 Å². The van der Waals surface area contributed by atoms with Crippen LogP contribution >= 0.6 is 0 Å². The van der Waals surface area contributed by atoms with Crippen molar-refractivity contribution in [3.05, 3.63) is 66.6 Å². The number of rotatable bonds is 4. The average molecular weight is 338 g/mol. The molecule has 1 aliphatic heterocycles. The maximum atomic E-state index is 12.7. The fourth-order valence-electron chi connectivity index (χ4n) is 3.00. The van der Waals surface area contributed by atoms with Crippen molar-refractivity contribution in [2.24, 2.45) is 5.92 Å². The van der Waals surface area contributed by atoms with E-state index >= 15 is 0 Å². The molecule has 7 heteroatoms. The quantitative estimate of drug-likeness (QED) is 0.729. The molecule has 0 bridgehead atoms. The zero-order valence-corrected chi connectivity index (χ0v) is 13.6. The van der Waals surface area contributed by atoms with Gasteiger partial charge in [0.15, 0.2) is 5.76 Å². The van der Waals surface area contributed by atoms with E-state index in [-0.39, 0.29) is 11.8 Å². The Balaban J connectivity index is 1.52. The molecule has 0 saturated heterocycles. The van der Waals surface area contributed by atoms with Gasteiger partial charge in [0, 0.05) is 31.4 Å². The van der Waals surface area contributed by atoms with E-state index in [1.165, 1.54) is 6.26 Å². The molecule has 4 rings (SSSR count). The third-order valence-corrected chi connectivity index (χ3v) is 4.21. The van der Waals surface area contributed by atoms with Crippen molar-refractivity contribution < 1.29 is 13.9 Å². The van der Waals surface area contributed by atoms with Crippen LogP contribution < -0.4 is 4.74 Å². The van der Waals surface area contributed by atoms with Gasteiger partial charge in [0.2, 0.25) is 0 Å². The van der Waals surface area contributed by atoms with E-state index in [1.807, 2.05) is 22.9 Å². The second-order valence-electron chi connectivity index (χ2n) is 6.03. The number of amides is 1. The number of fused-ring (bicyclic) bond motifs is 1. The lowest BCUT2D eigenvalue weighted by molar-refractivity contribution is 0.0669. The lowest BCUT2D eigenvalue weighted by atomic mass is 10.1. The molecule has 0 fully saturated rings. The fraction of sp³-hybridized carbons (Fsp3) is 0.278. The monoisotopic (exact) mass is 338 g/mol. The molecule has 0 saturated carbocycles. The standard InChI is InChI=1S/C18H18N4O3/c23-18(17-4-2-8-24-17)21-10-14(11-22-15(12-21)5-7-20-22)13-25-16-3-1-6-19-9-16/h1-9,14H,10-13H2/t14-/m0/s1. The number of hydrogen-bond acceptors (Lipinski definition) is 5. The molecule has 0 spiro atoms. The van der Waals surface area contributed by atoms with Gasteiger partial charge in [0.1, 0.15) is 5.75 Å². The second-order valence-corrected chi connectivity index (χ2v) is 6.03. The Morgan fingerprint density at radius 1 is 1.24 bits per heavy atom. The predicted octanol–water partition coefficient (Wildman–Crippen LogP) is 2.22. The summed E-state index contributed by atoms with van der Waals surface area (Å²) in [4.78, 5) is 18.6. The van der Waals surface area contributed by atoms with Gasteiger partial charge in [-0.3, -0.25) is 14.5 Å². The molecule has 3 aromatic rings. The molecule has 1 aliphatic rings. The smallest absolute Gasteiger partial charge is 0.289 e. The molecule has 1 amide bonds. The summed E-state index contributed by atoms with van der Waals surface area (Å²) in [6.45, 7) is 2.25. The van der Waals surface area contributed by atoms with Crippen LogP contribution in [-0.4, -0.2) is 38.7 Å². The van der Waals surface area contributed by atoms with Gasteiger partial charge >= 0.3 is 0 Å². The lowest BCUT2D eigenvalue weighted by Crippen LogP contribution is -2.35. The third-order valence-electron chi connectivity index (χ3n) is 4.21. The largest absolute Gasteiger partial charge is 0.492 e. The summed E-state index contributed by atoms with van der Waals surface area (Å²) in [5.74, 6) is 1.06. The first-order valence-corrected chi connectivity index (χ1v) is 8.16. The van der Waals surface area contributed by atoms with Crippen molar-refractivity contribution >= 4 is 5.91 Å². The predicted molar refractivity (Wildman–Crippen MR) is 88.9 cm³/mol. The molecule has 0 N–H and O–H groups in total. The summed E-state index contributed by atoms with van der Waals surface area (Å²) in [7, 11) is 0. The minimum Gasteiger partial charge on any atom is -0.492 e. The van der Waals surface area contributed by atoms with Crippen LogP contribution in [0.15, 0.2) is 59.6 Å². The van der Waals surface area contributed by atoms with Crippen molar-refractivity contribution in [1.29, 1.82) is 0 Å². The zero-order chi connectivity index (χ0) is 17.1. The molecular formula is C18H18N4O3. The highest BCUT2D eigenvalue weighted by Gasteiger charge is 2.27. The van der Waals surface area contributed by atoms with E-state index in [0.29, 0.717) is 32.0 Å². The summed E-state index contributed by atoms with van der Waals surface area (Å²) in [5.41, 5.74) is 1.00. The van der Waals surface area contributed by atoms with E-state index in [1.54, 1.807) is 35.6 Å². The van der Waals surface area contributed by atoms with Crippen molar-refractivity contribution in [2.75, 3.05) is 13.2 Å². The minimum absolute atomic E-state index is 0.111.